The van der Waals surface area contributed by atoms with E-state index in [2.05, 4.69) is 86.0 Å². The van der Waals surface area contributed by atoms with E-state index in [1.54, 1.807) is 7.11 Å². The highest BCUT2D eigenvalue weighted by atomic mass is 16.5. The van der Waals surface area contributed by atoms with E-state index in [0.29, 0.717) is 0 Å². The van der Waals surface area contributed by atoms with Gasteiger partial charge in [-0.05, 0) is 76.2 Å². The van der Waals surface area contributed by atoms with Crippen molar-refractivity contribution in [1.82, 2.24) is 0 Å². The monoisotopic (exact) mass is 429 g/mol. The molecule has 0 spiro atoms. The second-order valence-electron chi connectivity index (χ2n) is 7.60. The summed E-state index contributed by atoms with van der Waals surface area (Å²) >= 11 is 0. The van der Waals surface area contributed by atoms with Crippen LogP contribution in [0.4, 0.5) is 17.1 Å². The minimum absolute atomic E-state index is 0.831. The average molecular weight is 430 g/mol. The van der Waals surface area contributed by atoms with Gasteiger partial charge >= 0.3 is 0 Å². The van der Waals surface area contributed by atoms with E-state index in [1.807, 2.05) is 24.3 Å². The average Bonchev–Trinajstić information content (AvgIpc) is 2.85. The Bertz CT molecular complexity index is 927. The fourth-order valence-corrected chi connectivity index (χ4v) is 3.92. The van der Waals surface area contributed by atoms with Crippen molar-refractivity contribution in [3.63, 3.8) is 0 Å². The summed E-state index contributed by atoms with van der Waals surface area (Å²) in [5.74, 6) is 0.831. The number of rotatable bonds is 10. The van der Waals surface area contributed by atoms with Gasteiger partial charge in [-0.25, -0.2) is 4.99 Å². The minimum atomic E-state index is 0.831. The Morgan fingerprint density at radius 2 is 1.03 bits per heavy atom. The summed E-state index contributed by atoms with van der Waals surface area (Å²) in [5.41, 5.74) is 6.55. The Balaban J connectivity index is 2.02. The van der Waals surface area contributed by atoms with Crippen LogP contribution in [0.15, 0.2) is 77.8 Å². The van der Waals surface area contributed by atoms with Gasteiger partial charge in [0.1, 0.15) is 5.75 Å². The summed E-state index contributed by atoms with van der Waals surface area (Å²) in [6.45, 7) is 12.7. The lowest BCUT2D eigenvalue weighted by atomic mass is 10.0. The van der Waals surface area contributed by atoms with E-state index in [-0.39, 0.29) is 0 Å². The van der Waals surface area contributed by atoms with Gasteiger partial charge in [0.05, 0.1) is 18.5 Å². The number of methoxy groups -OCH3 is 1. The maximum absolute atomic E-state index is 5.30. The SMILES string of the molecule is CCN(CC)c1ccc(C(=Nc2ccc(OC)cc2)c2ccc(N(CC)CC)cc2)cc1. The van der Waals surface area contributed by atoms with Crippen LogP contribution in [0.2, 0.25) is 0 Å². The number of ether oxygens (including phenoxy) is 1. The van der Waals surface area contributed by atoms with Crippen LogP contribution in [-0.2, 0) is 0 Å². The van der Waals surface area contributed by atoms with Gasteiger partial charge in [-0.2, -0.15) is 0 Å². The molecule has 3 aromatic carbocycles. The Kier molecular flexibility index (Phi) is 8.32. The third-order valence-electron chi connectivity index (χ3n) is 5.85. The number of aliphatic imine (C=N–C) groups is 1. The van der Waals surface area contributed by atoms with Crippen molar-refractivity contribution in [2.75, 3.05) is 43.1 Å². The molecule has 0 N–H and O–H groups in total. The minimum Gasteiger partial charge on any atom is -0.497 e. The normalized spacial score (nSPS) is 10.5. The molecule has 0 atom stereocenters. The van der Waals surface area contributed by atoms with Crippen molar-refractivity contribution in [2.24, 2.45) is 4.99 Å². The van der Waals surface area contributed by atoms with Crippen molar-refractivity contribution in [3.8, 4) is 5.75 Å². The lowest BCUT2D eigenvalue weighted by Crippen LogP contribution is -2.22. The van der Waals surface area contributed by atoms with Crippen LogP contribution in [0.25, 0.3) is 0 Å². The van der Waals surface area contributed by atoms with Crippen molar-refractivity contribution in [3.05, 3.63) is 83.9 Å². The first-order valence-electron chi connectivity index (χ1n) is 11.6. The van der Waals surface area contributed by atoms with Gasteiger partial charge in [0, 0.05) is 48.7 Å². The molecule has 0 fully saturated rings. The Hall–Kier alpha value is -3.27. The summed E-state index contributed by atoms with van der Waals surface area (Å²) in [5, 5.41) is 0. The number of nitrogens with zero attached hydrogens (tertiary/aromatic N) is 3. The van der Waals surface area contributed by atoms with E-state index >= 15 is 0 Å². The Labute approximate surface area is 193 Å². The highest BCUT2D eigenvalue weighted by Gasteiger charge is 2.11. The molecule has 168 valence electrons. The first kappa shape index (κ1) is 23.4. The maximum Gasteiger partial charge on any atom is 0.119 e. The summed E-state index contributed by atoms with van der Waals surface area (Å²) in [7, 11) is 1.68. The molecule has 0 heterocycles. The molecule has 32 heavy (non-hydrogen) atoms. The fourth-order valence-electron chi connectivity index (χ4n) is 3.92. The molecule has 3 rings (SSSR count). The molecule has 4 nitrogen and oxygen atoms in total. The van der Waals surface area contributed by atoms with Crippen LogP contribution >= 0.6 is 0 Å². The first-order chi connectivity index (χ1) is 15.6. The molecule has 0 aliphatic rings. The quantitative estimate of drug-likeness (QED) is 0.342. The van der Waals surface area contributed by atoms with Gasteiger partial charge in [0.25, 0.3) is 0 Å². The molecule has 4 heteroatoms. The zero-order valence-electron chi connectivity index (χ0n) is 20.0. The molecule has 0 saturated heterocycles. The van der Waals surface area contributed by atoms with Crippen LogP contribution in [0.5, 0.6) is 5.75 Å². The van der Waals surface area contributed by atoms with Crippen molar-refractivity contribution in [1.29, 1.82) is 0 Å². The smallest absolute Gasteiger partial charge is 0.119 e. The zero-order valence-corrected chi connectivity index (χ0v) is 20.0. The van der Waals surface area contributed by atoms with E-state index in [1.165, 1.54) is 11.4 Å². The Morgan fingerprint density at radius 1 is 0.625 bits per heavy atom. The van der Waals surface area contributed by atoms with E-state index in [4.69, 9.17) is 9.73 Å². The van der Waals surface area contributed by atoms with Crippen LogP contribution in [0, 0.1) is 0 Å². The predicted octanol–water partition coefficient (Wildman–Crippen LogP) is 6.56. The van der Waals surface area contributed by atoms with Crippen LogP contribution < -0.4 is 14.5 Å². The summed E-state index contributed by atoms with van der Waals surface area (Å²) in [4.78, 5) is 9.74. The predicted molar refractivity (Wildman–Crippen MR) is 138 cm³/mol. The fraction of sp³-hybridized carbons (Fsp3) is 0.321. The van der Waals surface area contributed by atoms with Crippen LogP contribution in [0.1, 0.15) is 38.8 Å². The summed E-state index contributed by atoms with van der Waals surface area (Å²) in [6, 6.07) is 25.3. The molecule has 0 aliphatic carbocycles. The van der Waals surface area contributed by atoms with Gasteiger partial charge in [-0.1, -0.05) is 24.3 Å². The first-order valence-corrected chi connectivity index (χ1v) is 11.6. The zero-order chi connectivity index (χ0) is 22.9. The Morgan fingerprint density at radius 3 is 1.38 bits per heavy atom. The van der Waals surface area contributed by atoms with Crippen LogP contribution in [-0.4, -0.2) is 39.0 Å². The molecule has 0 unspecified atom stereocenters. The molecule has 0 radical (unpaired) electrons. The molecule has 0 amide bonds. The summed E-state index contributed by atoms with van der Waals surface area (Å²) in [6.07, 6.45) is 0. The number of benzene rings is 3. The van der Waals surface area contributed by atoms with E-state index in [9.17, 15) is 0 Å². The van der Waals surface area contributed by atoms with Gasteiger partial charge in [0.15, 0.2) is 0 Å². The molecular formula is C28H35N3O. The van der Waals surface area contributed by atoms with Gasteiger partial charge in [-0.15, -0.1) is 0 Å². The highest BCUT2D eigenvalue weighted by Crippen LogP contribution is 2.24. The third-order valence-corrected chi connectivity index (χ3v) is 5.85. The molecule has 0 bridgehead atoms. The molecule has 0 aliphatic heterocycles. The van der Waals surface area contributed by atoms with Gasteiger partial charge in [0.2, 0.25) is 0 Å². The standard InChI is InChI=1S/C28H35N3O/c1-6-30(7-2)25-16-10-22(11-17-25)28(29-24-14-20-27(32-5)21-15-24)23-12-18-26(19-13-23)31(8-3)9-4/h10-21H,6-9H2,1-5H3. The van der Waals surface area contributed by atoms with Crippen LogP contribution in [0.3, 0.4) is 0 Å². The molecule has 3 aromatic rings. The third kappa shape index (κ3) is 5.50. The molecule has 0 aromatic heterocycles. The topological polar surface area (TPSA) is 28.1 Å². The second-order valence-corrected chi connectivity index (χ2v) is 7.60. The van der Waals surface area contributed by atoms with Crippen molar-refractivity contribution in [2.45, 2.75) is 27.7 Å². The van der Waals surface area contributed by atoms with E-state index in [0.717, 1.165) is 54.5 Å². The number of hydrogen-bond acceptors (Lipinski definition) is 4. The second kappa shape index (κ2) is 11.4. The largest absolute Gasteiger partial charge is 0.497 e. The molecule has 0 saturated carbocycles. The lowest BCUT2D eigenvalue weighted by Gasteiger charge is -2.22. The van der Waals surface area contributed by atoms with Gasteiger partial charge < -0.3 is 14.5 Å². The maximum atomic E-state index is 5.30. The summed E-state index contributed by atoms with van der Waals surface area (Å²) < 4.78 is 5.30. The highest BCUT2D eigenvalue weighted by molar-refractivity contribution is 6.14. The number of hydrogen-bond donors (Lipinski definition) is 0. The van der Waals surface area contributed by atoms with E-state index < -0.39 is 0 Å². The van der Waals surface area contributed by atoms with Crippen molar-refractivity contribution >= 4 is 22.8 Å². The number of anilines is 2. The van der Waals surface area contributed by atoms with Gasteiger partial charge in [-0.3, -0.25) is 0 Å². The van der Waals surface area contributed by atoms with Crippen molar-refractivity contribution < 1.29 is 4.74 Å². The molecular weight excluding hydrogens is 394 g/mol. The lowest BCUT2D eigenvalue weighted by molar-refractivity contribution is 0.415.